The predicted molar refractivity (Wildman–Crippen MR) is 57.8 cm³/mol. The Morgan fingerprint density at radius 2 is 1.62 bits per heavy atom. The highest BCUT2D eigenvalue weighted by Gasteiger charge is 2.14. The molecular formula is C12H24O. The number of carbonyl (C=O) groups is 1. The molecular weight excluding hydrogens is 160 g/mol. The smallest absolute Gasteiger partial charge is 0.123 e. The fourth-order valence-corrected chi connectivity index (χ4v) is 1.67. The molecule has 0 saturated heterocycles. The Balaban J connectivity index is 3.70. The monoisotopic (exact) mass is 184 g/mol. The number of rotatable bonds is 8. The zero-order valence-electron chi connectivity index (χ0n) is 9.38. The third-order valence-corrected chi connectivity index (χ3v) is 2.81. The van der Waals surface area contributed by atoms with Crippen LogP contribution in [0.15, 0.2) is 0 Å². The summed E-state index contributed by atoms with van der Waals surface area (Å²) in [5.41, 5.74) is 0. The molecule has 0 bridgehead atoms. The SMILES string of the molecule is CCCCC(C)C(C=O)CCCC. The Kier molecular flexibility index (Phi) is 8.07. The summed E-state index contributed by atoms with van der Waals surface area (Å²) in [5.74, 6) is 0.899. The van der Waals surface area contributed by atoms with E-state index in [0.29, 0.717) is 11.8 Å². The summed E-state index contributed by atoms with van der Waals surface area (Å²) >= 11 is 0. The van der Waals surface area contributed by atoms with Gasteiger partial charge in [0.05, 0.1) is 0 Å². The Labute approximate surface area is 82.9 Å². The van der Waals surface area contributed by atoms with Crippen molar-refractivity contribution >= 4 is 6.29 Å². The van der Waals surface area contributed by atoms with Crippen molar-refractivity contribution in [1.82, 2.24) is 0 Å². The van der Waals surface area contributed by atoms with Crippen molar-refractivity contribution in [2.75, 3.05) is 0 Å². The first-order valence-corrected chi connectivity index (χ1v) is 5.71. The van der Waals surface area contributed by atoms with Crippen LogP contribution in [-0.2, 0) is 4.79 Å². The molecule has 0 saturated carbocycles. The molecule has 0 radical (unpaired) electrons. The molecule has 0 aliphatic rings. The first-order valence-electron chi connectivity index (χ1n) is 5.71. The fourth-order valence-electron chi connectivity index (χ4n) is 1.67. The van der Waals surface area contributed by atoms with Gasteiger partial charge in [0.25, 0.3) is 0 Å². The van der Waals surface area contributed by atoms with Gasteiger partial charge < -0.3 is 4.79 Å². The molecule has 0 aromatic carbocycles. The van der Waals surface area contributed by atoms with Crippen molar-refractivity contribution in [2.24, 2.45) is 11.8 Å². The van der Waals surface area contributed by atoms with E-state index >= 15 is 0 Å². The molecule has 0 N–H and O–H groups in total. The third kappa shape index (κ3) is 5.84. The first kappa shape index (κ1) is 12.7. The molecule has 0 aromatic rings. The van der Waals surface area contributed by atoms with Crippen molar-refractivity contribution < 1.29 is 4.79 Å². The quantitative estimate of drug-likeness (QED) is 0.524. The average Bonchev–Trinajstić information content (AvgIpc) is 2.16. The zero-order valence-corrected chi connectivity index (χ0v) is 9.38. The lowest BCUT2D eigenvalue weighted by molar-refractivity contribution is -0.112. The van der Waals surface area contributed by atoms with Gasteiger partial charge in [-0.05, 0) is 12.3 Å². The molecule has 0 heterocycles. The van der Waals surface area contributed by atoms with Crippen LogP contribution in [0.25, 0.3) is 0 Å². The number of aldehydes is 1. The second-order valence-corrected chi connectivity index (χ2v) is 4.06. The molecule has 1 nitrogen and oxygen atoms in total. The minimum Gasteiger partial charge on any atom is -0.303 e. The molecule has 78 valence electrons. The highest BCUT2D eigenvalue weighted by molar-refractivity contribution is 5.53. The van der Waals surface area contributed by atoms with Crippen LogP contribution in [0.3, 0.4) is 0 Å². The number of hydrogen-bond acceptors (Lipinski definition) is 1. The average molecular weight is 184 g/mol. The lowest BCUT2D eigenvalue weighted by Crippen LogP contribution is -2.13. The van der Waals surface area contributed by atoms with Gasteiger partial charge in [-0.3, -0.25) is 0 Å². The summed E-state index contributed by atoms with van der Waals surface area (Å²) in [5, 5.41) is 0. The van der Waals surface area contributed by atoms with E-state index in [-0.39, 0.29) is 0 Å². The molecule has 0 aliphatic heterocycles. The topological polar surface area (TPSA) is 17.1 Å². The van der Waals surface area contributed by atoms with E-state index in [1.165, 1.54) is 32.1 Å². The van der Waals surface area contributed by atoms with Gasteiger partial charge in [0.1, 0.15) is 6.29 Å². The van der Waals surface area contributed by atoms with Crippen LogP contribution in [0.4, 0.5) is 0 Å². The number of carbonyl (C=O) groups excluding carboxylic acids is 1. The van der Waals surface area contributed by atoms with Gasteiger partial charge in [-0.25, -0.2) is 0 Å². The number of unbranched alkanes of at least 4 members (excludes halogenated alkanes) is 2. The maximum atomic E-state index is 10.8. The standard InChI is InChI=1S/C12H24O/c1-4-6-8-11(3)12(10-13)9-7-5-2/h10-12H,4-9H2,1-3H3. The molecule has 0 spiro atoms. The summed E-state index contributed by atoms with van der Waals surface area (Å²) in [4.78, 5) is 10.8. The molecule has 2 atom stereocenters. The summed E-state index contributed by atoms with van der Waals surface area (Å²) < 4.78 is 0. The van der Waals surface area contributed by atoms with Crippen LogP contribution < -0.4 is 0 Å². The van der Waals surface area contributed by atoms with Crippen LogP contribution in [0.1, 0.15) is 59.3 Å². The van der Waals surface area contributed by atoms with E-state index < -0.39 is 0 Å². The van der Waals surface area contributed by atoms with Crippen molar-refractivity contribution in [2.45, 2.75) is 59.3 Å². The van der Waals surface area contributed by atoms with Gasteiger partial charge in [-0.2, -0.15) is 0 Å². The van der Waals surface area contributed by atoms with E-state index in [0.717, 1.165) is 12.7 Å². The van der Waals surface area contributed by atoms with E-state index in [2.05, 4.69) is 20.8 Å². The van der Waals surface area contributed by atoms with Gasteiger partial charge in [-0.1, -0.05) is 52.9 Å². The summed E-state index contributed by atoms with van der Waals surface area (Å²) in [6.45, 7) is 6.59. The Morgan fingerprint density at radius 3 is 2.08 bits per heavy atom. The summed E-state index contributed by atoms with van der Waals surface area (Å²) in [6, 6.07) is 0. The van der Waals surface area contributed by atoms with E-state index in [4.69, 9.17) is 0 Å². The molecule has 0 amide bonds. The van der Waals surface area contributed by atoms with Gasteiger partial charge in [0.2, 0.25) is 0 Å². The van der Waals surface area contributed by atoms with Crippen LogP contribution in [0.2, 0.25) is 0 Å². The van der Waals surface area contributed by atoms with Gasteiger partial charge in [0.15, 0.2) is 0 Å². The van der Waals surface area contributed by atoms with Gasteiger partial charge in [0, 0.05) is 5.92 Å². The summed E-state index contributed by atoms with van der Waals surface area (Å²) in [7, 11) is 0. The molecule has 0 rings (SSSR count). The highest BCUT2D eigenvalue weighted by Crippen LogP contribution is 2.21. The lowest BCUT2D eigenvalue weighted by atomic mass is 9.87. The second-order valence-electron chi connectivity index (χ2n) is 4.06. The van der Waals surface area contributed by atoms with Crippen LogP contribution in [0, 0.1) is 11.8 Å². The van der Waals surface area contributed by atoms with Crippen LogP contribution >= 0.6 is 0 Å². The molecule has 2 unspecified atom stereocenters. The zero-order chi connectivity index (χ0) is 10.1. The maximum absolute atomic E-state index is 10.8. The van der Waals surface area contributed by atoms with Crippen molar-refractivity contribution in [3.05, 3.63) is 0 Å². The molecule has 13 heavy (non-hydrogen) atoms. The minimum absolute atomic E-state index is 0.312. The molecule has 0 fully saturated rings. The van der Waals surface area contributed by atoms with Gasteiger partial charge >= 0.3 is 0 Å². The lowest BCUT2D eigenvalue weighted by Gasteiger charge is -2.17. The minimum atomic E-state index is 0.312. The molecule has 1 heteroatoms. The van der Waals surface area contributed by atoms with Crippen molar-refractivity contribution in [1.29, 1.82) is 0 Å². The summed E-state index contributed by atoms with van der Waals surface area (Å²) in [6.07, 6.45) is 8.36. The largest absolute Gasteiger partial charge is 0.303 e. The van der Waals surface area contributed by atoms with Crippen LogP contribution in [0.5, 0.6) is 0 Å². The highest BCUT2D eigenvalue weighted by atomic mass is 16.1. The molecule has 0 aliphatic carbocycles. The second kappa shape index (κ2) is 8.28. The number of hydrogen-bond donors (Lipinski definition) is 0. The Hall–Kier alpha value is -0.330. The van der Waals surface area contributed by atoms with Gasteiger partial charge in [-0.15, -0.1) is 0 Å². The van der Waals surface area contributed by atoms with Crippen molar-refractivity contribution in [3.63, 3.8) is 0 Å². The van der Waals surface area contributed by atoms with Crippen LogP contribution in [-0.4, -0.2) is 6.29 Å². The fraction of sp³-hybridized carbons (Fsp3) is 0.917. The van der Waals surface area contributed by atoms with E-state index in [1.54, 1.807) is 0 Å². The van der Waals surface area contributed by atoms with Crippen molar-refractivity contribution in [3.8, 4) is 0 Å². The van der Waals surface area contributed by atoms with E-state index in [1.807, 2.05) is 0 Å². The van der Waals surface area contributed by atoms with E-state index in [9.17, 15) is 4.79 Å². The first-order chi connectivity index (χ1) is 6.26. The third-order valence-electron chi connectivity index (χ3n) is 2.81. The normalized spacial score (nSPS) is 15.3. The Bertz CT molecular complexity index is 120. The predicted octanol–water partition coefficient (Wildman–Crippen LogP) is 3.82. The Morgan fingerprint density at radius 1 is 1.08 bits per heavy atom. The molecule has 0 aromatic heterocycles. The maximum Gasteiger partial charge on any atom is 0.123 e.